The maximum absolute atomic E-state index is 12.3. The van der Waals surface area contributed by atoms with Crippen LogP contribution in [0.5, 0.6) is 0 Å². The molecule has 0 atom stereocenters. The van der Waals surface area contributed by atoms with Gasteiger partial charge in [0.15, 0.2) is 0 Å². The molecule has 1 rings (SSSR count). The molecule has 0 saturated carbocycles. The molecule has 1 aromatic carbocycles. The van der Waals surface area contributed by atoms with Gasteiger partial charge in [-0.1, -0.05) is 18.2 Å². The third-order valence-electron chi connectivity index (χ3n) is 2.75. The fraction of sp³-hybridized carbons (Fsp3) is 0.375. The van der Waals surface area contributed by atoms with Crippen LogP contribution in [-0.4, -0.2) is 42.8 Å². The molecule has 0 unspecified atom stereocenters. The van der Waals surface area contributed by atoms with E-state index in [1.165, 1.54) is 26.0 Å². The van der Waals surface area contributed by atoms with Crippen molar-refractivity contribution in [3.8, 4) is 0 Å². The Labute approximate surface area is 139 Å². The summed E-state index contributed by atoms with van der Waals surface area (Å²) in [5.74, 6) is -4.27. The minimum Gasteiger partial charge on any atom is -0.461 e. The fourth-order valence-electron chi connectivity index (χ4n) is 1.80. The quantitative estimate of drug-likeness (QED) is 0.339. The Balaban J connectivity index is 3.27. The zero-order chi connectivity index (χ0) is 18.2. The predicted molar refractivity (Wildman–Crippen MR) is 81.7 cm³/mol. The molecule has 0 spiro atoms. The first kappa shape index (κ1) is 19.1. The second-order valence-electron chi connectivity index (χ2n) is 4.54. The largest absolute Gasteiger partial charge is 0.461 e. The van der Waals surface area contributed by atoms with Gasteiger partial charge in [-0.25, -0.2) is 9.59 Å². The predicted octanol–water partition coefficient (Wildman–Crippen LogP) is 0.802. The van der Waals surface area contributed by atoms with Crippen molar-refractivity contribution < 1.29 is 33.4 Å². The summed E-state index contributed by atoms with van der Waals surface area (Å²) in [6, 6.07) is 7.80. The third-order valence-corrected chi connectivity index (χ3v) is 2.75. The highest BCUT2D eigenvalue weighted by atomic mass is 16.6. The van der Waals surface area contributed by atoms with Gasteiger partial charge >= 0.3 is 23.6 Å². The van der Waals surface area contributed by atoms with Gasteiger partial charge in [-0.3, -0.25) is 14.9 Å². The smallest absolute Gasteiger partial charge is 0.385 e. The number of carbonyl (C=O) groups excluding carboxylic acids is 4. The van der Waals surface area contributed by atoms with Crippen molar-refractivity contribution in [2.24, 2.45) is 0 Å². The van der Waals surface area contributed by atoms with E-state index in [-0.39, 0.29) is 18.8 Å². The maximum atomic E-state index is 12.3. The van der Waals surface area contributed by atoms with Crippen molar-refractivity contribution in [2.45, 2.75) is 26.5 Å². The summed E-state index contributed by atoms with van der Waals surface area (Å²) >= 11 is 0. The zero-order valence-electron chi connectivity index (χ0n) is 13.7. The van der Waals surface area contributed by atoms with Gasteiger partial charge in [0.25, 0.3) is 5.91 Å². The summed E-state index contributed by atoms with van der Waals surface area (Å²) in [6.07, 6.45) is 0. The minimum absolute atomic E-state index is 0.0948. The lowest BCUT2D eigenvalue weighted by atomic mass is 10.1. The van der Waals surface area contributed by atoms with Gasteiger partial charge < -0.3 is 14.2 Å². The second kappa shape index (κ2) is 8.66. The first-order valence-electron chi connectivity index (χ1n) is 7.29. The number of benzene rings is 1. The van der Waals surface area contributed by atoms with Gasteiger partial charge in [0.1, 0.15) is 0 Å². The molecule has 130 valence electrons. The highest BCUT2D eigenvalue weighted by Gasteiger charge is 2.54. The van der Waals surface area contributed by atoms with Crippen LogP contribution in [0.2, 0.25) is 0 Å². The first-order valence-corrected chi connectivity index (χ1v) is 7.29. The standard InChI is InChI=1S/C16H19NO7/c1-4-22-14(20)16(24-11(3)18,15(21)23-5-2)17-13(19)12-9-7-6-8-10-12/h6-10H,4-5H2,1-3H3,(H,17,19). The number of amides is 1. The van der Waals surface area contributed by atoms with E-state index in [0.29, 0.717) is 0 Å². The number of rotatable bonds is 7. The van der Waals surface area contributed by atoms with Crippen molar-refractivity contribution in [1.29, 1.82) is 0 Å². The van der Waals surface area contributed by atoms with E-state index in [9.17, 15) is 19.2 Å². The van der Waals surface area contributed by atoms with Crippen LogP contribution in [0.1, 0.15) is 31.1 Å². The van der Waals surface area contributed by atoms with Crippen LogP contribution in [0.3, 0.4) is 0 Å². The van der Waals surface area contributed by atoms with Crippen LogP contribution in [0.15, 0.2) is 30.3 Å². The summed E-state index contributed by atoms with van der Waals surface area (Å²) in [6.45, 7) is 3.80. The Bertz CT molecular complexity index is 594. The second-order valence-corrected chi connectivity index (χ2v) is 4.54. The Morgan fingerprint density at radius 1 is 0.958 bits per heavy atom. The molecule has 8 nitrogen and oxygen atoms in total. The monoisotopic (exact) mass is 337 g/mol. The Hall–Kier alpha value is -2.90. The summed E-state index contributed by atoms with van der Waals surface area (Å²) in [7, 11) is 0. The van der Waals surface area contributed by atoms with E-state index in [4.69, 9.17) is 14.2 Å². The van der Waals surface area contributed by atoms with Crippen LogP contribution < -0.4 is 5.32 Å². The Morgan fingerprint density at radius 3 is 1.88 bits per heavy atom. The molecule has 1 N–H and O–H groups in total. The average molecular weight is 337 g/mol. The van der Waals surface area contributed by atoms with Gasteiger partial charge in [-0.2, -0.15) is 0 Å². The van der Waals surface area contributed by atoms with Crippen molar-refractivity contribution in [3.63, 3.8) is 0 Å². The van der Waals surface area contributed by atoms with Crippen molar-refractivity contribution in [2.75, 3.05) is 13.2 Å². The number of hydrogen-bond donors (Lipinski definition) is 1. The summed E-state index contributed by atoms with van der Waals surface area (Å²) < 4.78 is 14.4. The van der Waals surface area contributed by atoms with Crippen LogP contribution in [0, 0.1) is 0 Å². The molecule has 0 aliphatic rings. The van der Waals surface area contributed by atoms with Crippen LogP contribution in [0.25, 0.3) is 0 Å². The molecule has 1 amide bonds. The summed E-state index contributed by atoms with van der Waals surface area (Å²) in [5, 5.41) is 2.12. The molecular weight excluding hydrogens is 318 g/mol. The SMILES string of the molecule is CCOC(=O)C(NC(=O)c1ccccc1)(OC(C)=O)C(=O)OCC. The molecule has 0 bridgehead atoms. The number of ether oxygens (including phenoxy) is 3. The number of esters is 3. The highest BCUT2D eigenvalue weighted by molar-refractivity contribution is 6.09. The van der Waals surface area contributed by atoms with Gasteiger partial charge in [-0.05, 0) is 26.0 Å². The number of carbonyl (C=O) groups is 4. The van der Waals surface area contributed by atoms with Crippen molar-refractivity contribution in [1.82, 2.24) is 5.32 Å². The normalized spacial score (nSPS) is 10.5. The average Bonchev–Trinajstić information content (AvgIpc) is 2.54. The molecule has 0 radical (unpaired) electrons. The van der Waals surface area contributed by atoms with Crippen molar-refractivity contribution in [3.05, 3.63) is 35.9 Å². The summed E-state index contributed by atoms with van der Waals surface area (Å²) in [4.78, 5) is 48.3. The lowest BCUT2D eigenvalue weighted by molar-refractivity contribution is -0.198. The molecule has 0 aliphatic carbocycles. The molecular formula is C16H19NO7. The van der Waals surface area contributed by atoms with E-state index in [0.717, 1.165) is 6.92 Å². The van der Waals surface area contributed by atoms with Crippen LogP contribution in [-0.2, 0) is 28.6 Å². The lowest BCUT2D eigenvalue weighted by Crippen LogP contribution is -2.63. The van der Waals surface area contributed by atoms with E-state index >= 15 is 0 Å². The fourth-order valence-corrected chi connectivity index (χ4v) is 1.80. The summed E-state index contributed by atoms with van der Waals surface area (Å²) in [5.41, 5.74) is -2.55. The van der Waals surface area contributed by atoms with E-state index in [1.807, 2.05) is 0 Å². The Kier molecular flexibility index (Phi) is 6.91. The van der Waals surface area contributed by atoms with Crippen LogP contribution >= 0.6 is 0 Å². The number of hydrogen-bond acceptors (Lipinski definition) is 7. The third kappa shape index (κ3) is 4.55. The van der Waals surface area contributed by atoms with Crippen LogP contribution in [0.4, 0.5) is 0 Å². The molecule has 24 heavy (non-hydrogen) atoms. The first-order chi connectivity index (χ1) is 11.4. The van der Waals surface area contributed by atoms with E-state index in [1.54, 1.807) is 18.2 Å². The van der Waals surface area contributed by atoms with E-state index in [2.05, 4.69) is 5.32 Å². The lowest BCUT2D eigenvalue weighted by Gasteiger charge is -2.28. The topological polar surface area (TPSA) is 108 Å². The molecule has 0 heterocycles. The number of nitrogens with one attached hydrogen (secondary N) is 1. The minimum atomic E-state index is -2.70. The molecule has 0 saturated heterocycles. The molecule has 0 fully saturated rings. The molecule has 0 aliphatic heterocycles. The molecule has 1 aromatic rings. The van der Waals surface area contributed by atoms with Gasteiger partial charge in [0, 0.05) is 12.5 Å². The van der Waals surface area contributed by atoms with E-state index < -0.39 is 29.5 Å². The van der Waals surface area contributed by atoms with Gasteiger partial charge in [-0.15, -0.1) is 0 Å². The highest BCUT2D eigenvalue weighted by Crippen LogP contribution is 2.15. The zero-order valence-corrected chi connectivity index (χ0v) is 13.7. The van der Waals surface area contributed by atoms with Gasteiger partial charge in [0.2, 0.25) is 0 Å². The molecule has 8 heteroatoms. The van der Waals surface area contributed by atoms with Gasteiger partial charge in [0.05, 0.1) is 13.2 Å². The molecule has 0 aromatic heterocycles. The maximum Gasteiger partial charge on any atom is 0.385 e. The Morgan fingerprint density at radius 2 is 1.46 bits per heavy atom. The van der Waals surface area contributed by atoms with Crippen molar-refractivity contribution >= 4 is 23.8 Å².